The Labute approximate surface area is 75.2 Å². The third-order valence-electron chi connectivity index (χ3n) is 1.63. The van der Waals surface area contributed by atoms with E-state index in [1.165, 1.54) is 12.1 Å². The van der Waals surface area contributed by atoms with E-state index < -0.39 is 5.24 Å². The van der Waals surface area contributed by atoms with E-state index in [4.69, 9.17) is 11.6 Å². The van der Waals surface area contributed by atoms with E-state index in [1.807, 2.05) is 0 Å². The summed E-state index contributed by atoms with van der Waals surface area (Å²) in [5.74, 6) is -0.293. The summed E-state index contributed by atoms with van der Waals surface area (Å²) < 4.78 is 12.6. The van der Waals surface area contributed by atoms with Crippen molar-refractivity contribution in [2.24, 2.45) is 0 Å². The molecule has 0 aliphatic heterocycles. The third-order valence-corrected chi connectivity index (χ3v) is 1.77. The van der Waals surface area contributed by atoms with Crippen molar-refractivity contribution in [3.05, 3.63) is 35.1 Å². The molecule has 1 nitrogen and oxygen atoms in total. The van der Waals surface area contributed by atoms with Gasteiger partial charge >= 0.3 is 0 Å². The normalized spacial score (nSPS) is 9.92. The van der Waals surface area contributed by atoms with Crippen LogP contribution in [0.3, 0.4) is 0 Å². The molecule has 3 heteroatoms. The highest BCUT2D eigenvalue weighted by Crippen LogP contribution is 2.11. The monoisotopic (exact) mass is 186 g/mol. The summed E-state index contributed by atoms with van der Waals surface area (Å²) in [7, 11) is 0. The maximum atomic E-state index is 12.6. The molecule has 0 amide bonds. The van der Waals surface area contributed by atoms with Gasteiger partial charge in [-0.05, 0) is 41.8 Å². The van der Waals surface area contributed by atoms with E-state index in [0.29, 0.717) is 0 Å². The lowest BCUT2D eigenvalue weighted by molar-refractivity contribution is -0.111. The molecule has 0 bridgehead atoms. The minimum Gasteiger partial charge on any atom is -0.281 e. The van der Waals surface area contributed by atoms with Crippen molar-refractivity contribution < 1.29 is 9.18 Å². The maximum Gasteiger partial charge on any atom is 0.226 e. The van der Waals surface area contributed by atoms with Gasteiger partial charge in [-0.3, -0.25) is 4.79 Å². The first-order valence-corrected chi connectivity index (χ1v) is 3.91. The van der Waals surface area contributed by atoms with Crippen LogP contribution in [0.15, 0.2) is 18.2 Å². The quantitative estimate of drug-likeness (QED) is 0.649. The lowest BCUT2D eigenvalue weighted by atomic mass is 10.1. The summed E-state index contributed by atoms with van der Waals surface area (Å²) in [6.45, 7) is 1.75. The van der Waals surface area contributed by atoms with Crippen LogP contribution in [0.25, 0.3) is 0 Å². The Morgan fingerprint density at radius 2 is 2.25 bits per heavy atom. The second-order valence-corrected chi connectivity index (χ2v) is 3.02. The van der Waals surface area contributed by atoms with Crippen molar-refractivity contribution >= 4 is 16.8 Å². The fraction of sp³-hybridized carbons (Fsp3) is 0.222. The Kier molecular flexibility index (Phi) is 2.82. The Morgan fingerprint density at radius 1 is 1.58 bits per heavy atom. The van der Waals surface area contributed by atoms with Crippen LogP contribution in [0.2, 0.25) is 0 Å². The van der Waals surface area contributed by atoms with E-state index in [-0.39, 0.29) is 12.2 Å². The lowest BCUT2D eigenvalue weighted by Gasteiger charge is -2.01. The van der Waals surface area contributed by atoms with Crippen LogP contribution < -0.4 is 0 Å². The molecule has 0 aromatic heterocycles. The molecule has 0 fully saturated rings. The van der Waals surface area contributed by atoms with Gasteiger partial charge in [0.15, 0.2) is 0 Å². The van der Waals surface area contributed by atoms with Crippen LogP contribution in [0, 0.1) is 12.7 Å². The van der Waals surface area contributed by atoms with E-state index >= 15 is 0 Å². The van der Waals surface area contributed by atoms with Crippen LogP contribution in [-0.2, 0) is 11.2 Å². The number of rotatable bonds is 2. The predicted molar refractivity (Wildman–Crippen MR) is 45.7 cm³/mol. The molecule has 1 aromatic rings. The molecule has 0 unspecified atom stereocenters. The minimum absolute atomic E-state index is 0.160. The second kappa shape index (κ2) is 3.68. The van der Waals surface area contributed by atoms with Crippen molar-refractivity contribution in [3.8, 4) is 0 Å². The highest BCUT2D eigenvalue weighted by Gasteiger charge is 2.03. The second-order valence-electron chi connectivity index (χ2n) is 2.60. The smallest absolute Gasteiger partial charge is 0.226 e. The first-order valence-electron chi connectivity index (χ1n) is 3.53. The Bertz CT molecular complexity index is 309. The minimum atomic E-state index is -0.426. The fourth-order valence-corrected chi connectivity index (χ4v) is 1.15. The molecule has 0 radical (unpaired) electrons. The lowest BCUT2D eigenvalue weighted by Crippen LogP contribution is -1.96. The van der Waals surface area contributed by atoms with Crippen molar-refractivity contribution in [2.45, 2.75) is 13.3 Å². The van der Waals surface area contributed by atoms with Gasteiger partial charge in [-0.2, -0.15) is 0 Å². The molecule has 1 rings (SSSR count). The molecular weight excluding hydrogens is 179 g/mol. The molecule has 0 N–H and O–H groups in total. The standard InChI is InChI=1S/C9H8ClFO/c1-6-4-8(11)3-2-7(6)5-9(10)12/h2-4H,5H2,1H3. The first kappa shape index (κ1) is 9.20. The van der Waals surface area contributed by atoms with Crippen molar-refractivity contribution in [3.63, 3.8) is 0 Å². The van der Waals surface area contributed by atoms with E-state index in [9.17, 15) is 9.18 Å². The summed E-state index contributed by atoms with van der Waals surface area (Å²) in [5, 5.41) is -0.426. The number of hydrogen-bond acceptors (Lipinski definition) is 1. The zero-order valence-corrected chi connectivity index (χ0v) is 7.36. The zero-order chi connectivity index (χ0) is 9.14. The molecule has 0 aliphatic rings. The predicted octanol–water partition coefficient (Wildman–Crippen LogP) is 2.44. The molecule has 0 spiro atoms. The molecule has 0 atom stereocenters. The molecule has 0 aliphatic carbocycles. The Morgan fingerprint density at radius 3 is 2.75 bits per heavy atom. The summed E-state index contributed by atoms with van der Waals surface area (Å²) in [6.07, 6.45) is 0.160. The Hall–Kier alpha value is -0.890. The first-order chi connectivity index (χ1) is 5.59. The topological polar surface area (TPSA) is 17.1 Å². The van der Waals surface area contributed by atoms with Gasteiger partial charge in [0.1, 0.15) is 5.82 Å². The van der Waals surface area contributed by atoms with Gasteiger partial charge in [0.25, 0.3) is 0 Å². The van der Waals surface area contributed by atoms with Gasteiger partial charge in [-0.1, -0.05) is 6.07 Å². The van der Waals surface area contributed by atoms with E-state index in [2.05, 4.69) is 0 Å². The molecule has 12 heavy (non-hydrogen) atoms. The molecule has 0 saturated heterocycles. The average Bonchev–Trinajstić information content (AvgIpc) is 1.94. The number of halogens is 2. The van der Waals surface area contributed by atoms with Gasteiger partial charge < -0.3 is 0 Å². The molecule has 1 aromatic carbocycles. The van der Waals surface area contributed by atoms with Gasteiger partial charge in [0, 0.05) is 6.42 Å². The average molecular weight is 187 g/mol. The SMILES string of the molecule is Cc1cc(F)ccc1CC(=O)Cl. The summed E-state index contributed by atoms with van der Waals surface area (Å²) in [4.78, 5) is 10.5. The third kappa shape index (κ3) is 2.31. The van der Waals surface area contributed by atoms with Crippen LogP contribution in [-0.4, -0.2) is 5.24 Å². The Balaban J connectivity index is 2.93. The fourth-order valence-electron chi connectivity index (χ4n) is 1.01. The largest absolute Gasteiger partial charge is 0.281 e. The number of aryl methyl sites for hydroxylation is 1. The zero-order valence-electron chi connectivity index (χ0n) is 6.60. The van der Waals surface area contributed by atoms with Crippen LogP contribution in [0.4, 0.5) is 4.39 Å². The molecule has 0 heterocycles. The van der Waals surface area contributed by atoms with Gasteiger partial charge in [-0.15, -0.1) is 0 Å². The number of benzene rings is 1. The highest BCUT2D eigenvalue weighted by molar-refractivity contribution is 6.63. The molecule has 64 valence electrons. The van der Waals surface area contributed by atoms with Gasteiger partial charge in [0.05, 0.1) is 0 Å². The van der Waals surface area contributed by atoms with Gasteiger partial charge in [-0.25, -0.2) is 4.39 Å². The summed E-state index contributed by atoms with van der Waals surface area (Å²) >= 11 is 5.19. The van der Waals surface area contributed by atoms with Gasteiger partial charge in [0.2, 0.25) is 5.24 Å². The highest BCUT2D eigenvalue weighted by atomic mass is 35.5. The van der Waals surface area contributed by atoms with Crippen molar-refractivity contribution in [1.82, 2.24) is 0 Å². The van der Waals surface area contributed by atoms with Crippen LogP contribution in [0.5, 0.6) is 0 Å². The number of carbonyl (C=O) groups excluding carboxylic acids is 1. The maximum absolute atomic E-state index is 12.6. The summed E-state index contributed by atoms with van der Waals surface area (Å²) in [6, 6.07) is 4.28. The van der Waals surface area contributed by atoms with Crippen molar-refractivity contribution in [1.29, 1.82) is 0 Å². The van der Waals surface area contributed by atoms with Crippen molar-refractivity contribution in [2.75, 3.05) is 0 Å². The van der Waals surface area contributed by atoms with Crippen LogP contribution in [0.1, 0.15) is 11.1 Å². The van der Waals surface area contributed by atoms with Crippen LogP contribution >= 0.6 is 11.6 Å². The molecule has 0 saturated carbocycles. The summed E-state index contributed by atoms with van der Waals surface area (Å²) in [5.41, 5.74) is 1.53. The van der Waals surface area contributed by atoms with E-state index in [1.54, 1.807) is 13.0 Å². The van der Waals surface area contributed by atoms with E-state index in [0.717, 1.165) is 11.1 Å². The molecular formula is C9H8ClFO. The number of hydrogen-bond donors (Lipinski definition) is 0. The number of carbonyl (C=O) groups is 1.